The Labute approximate surface area is 302 Å². The lowest BCUT2D eigenvalue weighted by atomic mass is 9.85. The Bertz CT molecular complexity index is 2170. The summed E-state index contributed by atoms with van der Waals surface area (Å²) in [6.07, 6.45) is -1.66. The van der Waals surface area contributed by atoms with Gasteiger partial charge in [0, 0.05) is 21.5 Å². The number of rotatable bonds is 13. The quantitative estimate of drug-likeness (QED) is 0.118. The van der Waals surface area contributed by atoms with Crippen molar-refractivity contribution in [3.63, 3.8) is 0 Å². The van der Waals surface area contributed by atoms with E-state index in [1.165, 1.54) is 0 Å². The van der Waals surface area contributed by atoms with Crippen molar-refractivity contribution < 1.29 is 29.2 Å². The number of hydrogen-bond acceptors (Lipinski definition) is 6. The van der Waals surface area contributed by atoms with Gasteiger partial charge in [0.15, 0.2) is 0 Å². The molecule has 0 bridgehead atoms. The van der Waals surface area contributed by atoms with Gasteiger partial charge in [-0.1, -0.05) is 133 Å². The van der Waals surface area contributed by atoms with E-state index in [0.717, 1.165) is 54.2 Å². The third kappa shape index (κ3) is 6.70. The zero-order valence-corrected chi connectivity index (χ0v) is 28.5. The Balaban J connectivity index is 1.20. The van der Waals surface area contributed by atoms with Crippen molar-refractivity contribution in [3.05, 3.63) is 158 Å². The second-order valence-electron chi connectivity index (χ2n) is 12.8. The summed E-state index contributed by atoms with van der Waals surface area (Å²) in [5, 5.41) is 29.7. The molecule has 6 heteroatoms. The van der Waals surface area contributed by atoms with Crippen LogP contribution in [0.2, 0.25) is 0 Å². The highest BCUT2D eigenvalue weighted by Gasteiger charge is 2.23. The van der Waals surface area contributed by atoms with Gasteiger partial charge in [0.05, 0.1) is 0 Å². The lowest BCUT2D eigenvalue weighted by Crippen LogP contribution is -2.25. The summed E-state index contributed by atoms with van der Waals surface area (Å²) in [7, 11) is 0. The molecular weight excluding hydrogens is 648 g/mol. The van der Waals surface area contributed by atoms with Crippen LogP contribution in [0.4, 0.5) is 0 Å². The van der Waals surface area contributed by atoms with Crippen LogP contribution in [-0.2, 0) is 0 Å². The van der Waals surface area contributed by atoms with E-state index in [0.29, 0.717) is 23.0 Å². The molecule has 0 fully saturated rings. The van der Waals surface area contributed by atoms with E-state index in [9.17, 15) is 10.2 Å². The van der Waals surface area contributed by atoms with Crippen LogP contribution in [0, 0.1) is 0 Å². The molecule has 0 spiro atoms. The Kier molecular flexibility index (Phi) is 9.57. The first-order chi connectivity index (χ1) is 25.7. The first kappa shape index (κ1) is 33.1. The zero-order valence-electron chi connectivity index (χ0n) is 28.5. The van der Waals surface area contributed by atoms with Crippen LogP contribution in [-0.4, -0.2) is 48.8 Å². The molecule has 0 aromatic heterocycles. The molecule has 8 aromatic carbocycles. The lowest BCUT2D eigenvalue weighted by Gasteiger charge is -2.23. The summed E-state index contributed by atoms with van der Waals surface area (Å²) in [5.74, 6) is 2.83. The average molecular weight is 687 g/mol. The first-order valence-corrected chi connectivity index (χ1v) is 17.5. The molecule has 0 radical (unpaired) electrons. The second-order valence-corrected chi connectivity index (χ2v) is 12.8. The minimum Gasteiger partial charge on any atom is -0.491 e. The van der Waals surface area contributed by atoms with Crippen molar-refractivity contribution in [3.8, 4) is 34.1 Å². The fourth-order valence-corrected chi connectivity index (χ4v) is 6.90. The Hall–Kier alpha value is -6.08. The molecule has 0 aliphatic rings. The van der Waals surface area contributed by atoms with E-state index in [2.05, 4.69) is 48.5 Å². The van der Waals surface area contributed by atoms with Crippen molar-refractivity contribution in [2.24, 2.45) is 0 Å². The summed E-state index contributed by atoms with van der Waals surface area (Å²) in [6, 6.07) is 52.0. The number of hydrogen-bond donors (Lipinski definition) is 2. The standard InChI is InChI=1S/C46H38O6/c47-31(27-49-33-15-3-1-4-16-33)29-51-45-39-23-11-7-19-35(39)43(36-20-8-12-24-40(36)45)44-37-21-9-13-25-41(37)46(42-26-14-10-22-38(42)44)52-30-32(48)28-50-34-17-5-2-6-18-34/h1-26,31-32,47-48H,27-30H2. The van der Waals surface area contributed by atoms with E-state index >= 15 is 0 Å². The van der Waals surface area contributed by atoms with Crippen LogP contribution >= 0.6 is 0 Å². The number of aliphatic hydroxyl groups is 2. The SMILES string of the molecule is OC(COc1ccccc1)COc1c2ccccc2c(-c2c3ccccc3c(OCC(O)COc3ccccc3)c3ccccc23)c2ccccc12. The van der Waals surface area contributed by atoms with Crippen molar-refractivity contribution in [1.29, 1.82) is 0 Å². The Morgan fingerprint density at radius 3 is 0.865 bits per heavy atom. The summed E-state index contributed by atoms with van der Waals surface area (Å²) in [6.45, 7) is 0.365. The molecule has 8 rings (SSSR count). The first-order valence-electron chi connectivity index (χ1n) is 17.5. The fraction of sp³-hybridized carbons (Fsp3) is 0.130. The van der Waals surface area contributed by atoms with Crippen molar-refractivity contribution in [2.45, 2.75) is 12.2 Å². The molecule has 0 saturated heterocycles. The Morgan fingerprint density at radius 2 is 0.558 bits per heavy atom. The van der Waals surface area contributed by atoms with Gasteiger partial charge in [0.1, 0.15) is 61.6 Å². The molecule has 0 aliphatic carbocycles. The molecule has 2 atom stereocenters. The highest BCUT2D eigenvalue weighted by Crippen LogP contribution is 2.49. The molecule has 0 amide bonds. The maximum absolute atomic E-state index is 10.9. The molecular formula is C46H38O6. The van der Waals surface area contributed by atoms with Crippen molar-refractivity contribution in [2.75, 3.05) is 26.4 Å². The topological polar surface area (TPSA) is 77.4 Å². The second kappa shape index (κ2) is 15.0. The van der Waals surface area contributed by atoms with E-state index in [1.807, 2.05) is 109 Å². The molecule has 6 nitrogen and oxygen atoms in total. The van der Waals surface area contributed by atoms with Crippen LogP contribution in [0.1, 0.15) is 0 Å². The highest BCUT2D eigenvalue weighted by atomic mass is 16.5. The van der Waals surface area contributed by atoms with Crippen molar-refractivity contribution >= 4 is 43.1 Å². The van der Waals surface area contributed by atoms with Gasteiger partial charge in [-0.2, -0.15) is 0 Å². The average Bonchev–Trinajstić information content (AvgIpc) is 3.20. The van der Waals surface area contributed by atoms with Crippen LogP contribution in [0.15, 0.2) is 158 Å². The number of para-hydroxylation sites is 2. The van der Waals surface area contributed by atoms with Crippen molar-refractivity contribution in [1.82, 2.24) is 0 Å². The zero-order chi connectivity index (χ0) is 35.3. The van der Waals surface area contributed by atoms with Crippen LogP contribution in [0.5, 0.6) is 23.0 Å². The third-order valence-corrected chi connectivity index (χ3v) is 9.23. The lowest BCUT2D eigenvalue weighted by molar-refractivity contribution is 0.0637. The minimum atomic E-state index is -0.832. The maximum Gasteiger partial charge on any atom is 0.135 e. The fourth-order valence-electron chi connectivity index (χ4n) is 6.90. The van der Waals surface area contributed by atoms with Gasteiger partial charge in [-0.15, -0.1) is 0 Å². The molecule has 258 valence electrons. The van der Waals surface area contributed by atoms with Crippen LogP contribution < -0.4 is 18.9 Å². The predicted octanol–water partition coefficient (Wildman–Crippen LogP) is 9.60. The summed E-state index contributed by atoms with van der Waals surface area (Å²) >= 11 is 0. The van der Waals surface area contributed by atoms with Gasteiger partial charge in [-0.05, 0) is 56.9 Å². The predicted molar refractivity (Wildman–Crippen MR) is 209 cm³/mol. The van der Waals surface area contributed by atoms with E-state index < -0.39 is 12.2 Å². The number of fused-ring (bicyclic) bond motifs is 4. The van der Waals surface area contributed by atoms with Crippen LogP contribution in [0.25, 0.3) is 54.2 Å². The van der Waals surface area contributed by atoms with Gasteiger partial charge < -0.3 is 29.2 Å². The van der Waals surface area contributed by atoms with Crippen LogP contribution in [0.3, 0.4) is 0 Å². The molecule has 8 aromatic rings. The van der Waals surface area contributed by atoms with Gasteiger partial charge in [0.25, 0.3) is 0 Å². The van der Waals surface area contributed by atoms with E-state index in [-0.39, 0.29) is 26.4 Å². The van der Waals surface area contributed by atoms with Gasteiger partial charge in [-0.3, -0.25) is 0 Å². The molecule has 2 unspecified atom stereocenters. The van der Waals surface area contributed by atoms with Gasteiger partial charge in [0.2, 0.25) is 0 Å². The van der Waals surface area contributed by atoms with Gasteiger partial charge >= 0.3 is 0 Å². The van der Waals surface area contributed by atoms with E-state index in [4.69, 9.17) is 18.9 Å². The molecule has 0 saturated carbocycles. The normalized spacial score (nSPS) is 12.6. The maximum atomic E-state index is 10.9. The number of aliphatic hydroxyl groups excluding tert-OH is 2. The van der Waals surface area contributed by atoms with Gasteiger partial charge in [-0.25, -0.2) is 0 Å². The highest BCUT2D eigenvalue weighted by molar-refractivity contribution is 6.26. The minimum absolute atomic E-state index is 0.0697. The Morgan fingerprint density at radius 1 is 0.308 bits per heavy atom. The molecule has 52 heavy (non-hydrogen) atoms. The van der Waals surface area contributed by atoms with E-state index in [1.54, 1.807) is 0 Å². The molecule has 0 heterocycles. The summed E-state index contributed by atoms with van der Waals surface area (Å²) < 4.78 is 24.6. The number of ether oxygens (including phenoxy) is 4. The summed E-state index contributed by atoms with van der Waals surface area (Å²) in [4.78, 5) is 0. The summed E-state index contributed by atoms with van der Waals surface area (Å²) in [5.41, 5.74) is 2.17. The molecule has 2 N–H and O–H groups in total. The monoisotopic (exact) mass is 686 g/mol. The smallest absolute Gasteiger partial charge is 0.135 e. The molecule has 0 aliphatic heterocycles. The largest absolute Gasteiger partial charge is 0.491 e. The third-order valence-electron chi connectivity index (χ3n) is 9.23. The number of benzene rings is 8.